The van der Waals surface area contributed by atoms with Gasteiger partial charge in [0.1, 0.15) is 5.60 Å². The van der Waals surface area contributed by atoms with Crippen LogP contribution in [0.3, 0.4) is 0 Å². The lowest BCUT2D eigenvalue weighted by molar-refractivity contribution is -0.182. The third-order valence-electron chi connectivity index (χ3n) is 10.8. The van der Waals surface area contributed by atoms with Gasteiger partial charge in [0.15, 0.2) is 12.4 Å². The van der Waals surface area contributed by atoms with Crippen LogP contribution in [0.1, 0.15) is 88.1 Å². The van der Waals surface area contributed by atoms with Crippen molar-refractivity contribution in [1.29, 1.82) is 0 Å². The Morgan fingerprint density at radius 1 is 1.15 bits per heavy atom. The van der Waals surface area contributed by atoms with Crippen LogP contribution in [0.15, 0.2) is 35.9 Å². The summed E-state index contributed by atoms with van der Waals surface area (Å²) in [5.41, 5.74) is -0.190. The Balaban J connectivity index is 1.29. The van der Waals surface area contributed by atoms with E-state index in [0.29, 0.717) is 37.8 Å². The van der Waals surface area contributed by atoms with Gasteiger partial charge in [0, 0.05) is 18.4 Å². The first-order valence-electron chi connectivity index (χ1n) is 14.7. The normalized spacial score (nSPS) is 37.4. The van der Waals surface area contributed by atoms with E-state index >= 15 is 0 Å². The van der Waals surface area contributed by atoms with Crippen molar-refractivity contribution in [3.05, 3.63) is 47.0 Å². The van der Waals surface area contributed by atoms with Gasteiger partial charge in [0.05, 0.1) is 11.7 Å². The summed E-state index contributed by atoms with van der Waals surface area (Å²) in [7, 11) is 0. The number of carbonyl (C=O) groups excluding carboxylic acids is 3. The van der Waals surface area contributed by atoms with Crippen LogP contribution in [0, 0.1) is 28.6 Å². The van der Waals surface area contributed by atoms with Crippen molar-refractivity contribution in [3.8, 4) is 0 Å². The van der Waals surface area contributed by atoms with Gasteiger partial charge in [0.25, 0.3) is 0 Å². The average molecular weight is 538 g/mol. The maximum Gasteiger partial charge on any atom is 0.338 e. The second kappa shape index (κ2) is 10.6. The van der Waals surface area contributed by atoms with Gasteiger partial charge in [-0.3, -0.25) is 9.59 Å². The minimum Gasteiger partial charge on any atom is -0.454 e. The number of hydrogen-bond donors (Lipinski definition) is 3. The molecule has 0 saturated heterocycles. The number of Topliss-reactive ketones (excluding diaryl/α,β-unsaturated/α-hetero) is 1. The third kappa shape index (κ3) is 4.70. The Labute approximate surface area is 231 Å². The van der Waals surface area contributed by atoms with Gasteiger partial charge < -0.3 is 20.3 Å². The molecular weight excluding hydrogens is 494 g/mol. The summed E-state index contributed by atoms with van der Waals surface area (Å²) < 4.78 is 5.43. The van der Waals surface area contributed by atoms with E-state index in [2.05, 4.69) is 19.2 Å². The summed E-state index contributed by atoms with van der Waals surface area (Å²) in [5, 5.41) is 26.7. The van der Waals surface area contributed by atoms with E-state index in [4.69, 9.17) is 4.74 Å². The van der Waals surface area contributed by atoms with Gasteiger partial charge in [0.2, 0.25) is 5.78 Å². The maximum absolute atomic E-state index is 13.5. The number of aliphatic hydroxyl groups excluding tert-OH is 1. The molecule has 7 atom stereocenters. The van der Waals surface area contributed by atoms with E-state index in [-0.39, 0.29) is 29.0 Å². The second-order valence-corrected chi connectivity index (χ2v) is 12.9. The largest absolute Gasteiger partial charge is 0.454 e. The number of ether oxygens (including phenoxy) is 1. The molecule has 6 unspecified atom stereocenters. The van der Waals surface area contributed by atoms with Gasteiger partial charge in [-0.05, 0) is 98.4 Å². The fourth-order valence-electron chi connectivity index (χ4n) is 8.70. The van der Waals surface area contributed by atoms with Crippen molar-refractivity contribution in [2.24, 2.45) is 28.6 Å². The fraction of sp³-hybridized carbons (Fsp3) is 0.656. The van der Waals surface area contributed by atoms with Crippen molar-refractivity contribution in [1.82, 2.24) is 5.32 Å². The van der Waals surface area contributed by atoms with Crippen LogP contribution in [-0.2, 0) is 20.9 Å². The maximum atomic E-state index is 13.5. The first kappa shape index (κ1) is 28.2. The summed E-state index contributed by atoms with van der Waals surface area (Å²) in [5.74, 6) is -0.636. The molecule has 0 aliphatic heterocycles. The van der Waals surface area contributed by atoms with Gasteiger partial charge in [-0.25, -0.2) is 4.79 Å². The molecule has 3 fully saturated rings. The highest BCUT2D eigenvalue weighted by Crippen LogP contribution is 2.67. The van der Waals surface area contributed by atoms with Crippen LogP contribution in [0.5, 0.6) is 0 Å². The predicted molar refractivity (Wildman–Crippen MR) is 147 cm³/mol. The van der Waals surface area contributed by atoms with Crippen molar-refractivity contribution >= 4 is 17.5 Å². The standard InChI is InChI=1S/C32H43NO6/c1-4-14-33-18-20-6-5-7-21(15-20)29(37)39-19-27(36)32(38)13-11-25-24-9-8-22-16-23(34)10-12-30(22,2)28(24)26(35)17-31(25,32)3/h5-7,15-16,24-26,28,33,35,38H,4,8-14,17-19H2,1-3H3/t24?,25?,26?,28?,30?,31?,32-/m0/s1. The number of rotatable bonds is 8. The molecule has 0 spiro atoms. The molecule has 7 heteroatoms. The molecular formula is C32H43NO6. The number of hydrogen-bond acceptors (Lipinski definition) is 7. The Bertz CT molecular complexity index is 1180. The van der Waals surface area contributed by atoms with E-state index in [1.165, 1.54) is 0 Å². The molecule has 1 aromatic rings. The smallest absolute Gasteiger partial charge is 0.338 e. The summed E-state index contributed by atoms with van der Waals surface area (Å²) in [6.07, 6.45) is 6.38. The van der Waals surface area contributed by atoms with E-state index in [1.807, 2.05) is 13.0 Å². The van der Waals surface area contributed by atoms with E-state index in [9.17, 15) is 24.6 Å². The molecule has 39 heavy (non-hydrogen) atoms. The van der Waals surface area contributed by atoms with Gasteiger partial charge in [-0.2, -0.15) is 0 Å². The molecule has 0 aromatic heterocycles. The molecule has 0 amide bonds. The molecule has 1 aromatic carbocycles. The fourth-order valence-corrected chi connectivity index (χ4v) is 8.70. The van der Waals surface area contributed by atoms with Gasteiger partial charge in [-0.15, -0.1) is 0 Å². The minimum atomic E-state index is -1.66. The molecule has 5 rings (SSSR count). The number of aliphatic hydroxyl groups is 2. The first-order chi connectivity index (χ1) is 18.5. The third-order valence-corrected chi connectivity index (χ3v) is 10.8. The van der Waals surface area contributed by atoms with Crippen LogP contribution in [0.4, 0.5) is 0 Å². The Morgan fingerprint density at radius 2 is 1.95 bits per heavy atom. The molecule has 212 valence electrons. The summed E-state index contributed by atoms with van der Waals surface area (Å²) >= 11 is 0. The molecule has 4 aliphatic rings. The molecule has 3 saturated carbocycles. The zero-order valence-corrected chi connectivity index (χ0v) is 23.5. The highest BCUT2D eigenvalue weighted by atomic mass is 16.5. The molecule has 3 N–H and O–H groups in total. The van der Waals surface area contributed by atoms with Crippen LogP contribution >= 0.6 is 0 Å². The summed E-state index contributed by atoms with van der Waals surface area (Å²) in [4.78, 5) is 38.4. The predicted octanol–water partition coefficient (Wildman–Crippen LogP) is 4.15. The SMILES string of the molecule is CCCNCc1cccc(C(=O)OCC(=O)[C@@]2(O)CCC3C4CCC5=CC(=O)CCC5(C)C4C(O)CC32C)c1. The van der Waals surface area contributed by atoms with Crippen molar-refractivity contribution in [3.63, 3.8) is 0 Å². The Hall–Kier alpha value is -2.35. The van der Waals surface area contributed by atoms with Crippen molar-refractivity contribution in [2.45, 2.75) is 90.4 Å². The summed E-state index contributed by atoms with van der Waals surface area (Å²) in [6, 6.07) is 7.16. The van der Waals surface area contributed by atoms with E-state index in [0.717, 1.165) is 43.4 Å². The van der Waals surface area contributed by atoms with Crippen LogP contribution in [0.25, 0.3) is 0 Å². The number of benzene rings is 1. The molecule has 0 radical (unpaired) electrons. The number of carbonyl (C=O) groups is 3. The first-order valence-corrected chi connectivity index (χ1v) is 14.7. The van der Waals surface area contributed by atoms with Crippen molar-refractivity contribution < 1.29 is 29.3 Å². The molecule has 0 bridgehead atoms. The number of ketones is 2. The van der Waals surface area contributed by atoms with Crippen LogP contribution in [-0.4, -0.2) is 52.6 Å². The van der Waals surface area contributed by atoms with Crippen LogP contribution < -0.4 is 5.32 Å². The van der Waals surface area contributed by atoms with Crippen LogP contribution in [0.2, 0.25) is 0 Å². The molecule has 0 heterocycles. The van der Waals surface area contributed by atoms with E-state index < -0.39 is 35.5 Å². The number of fused-ring (bicyclic) bond motifs is 5. The summed E-state index contributed by atoms with van der Waals surface area (Å²) in [6.45, 7) is 7.25. The number of nitrogens with one attached hydrogen (secondary N) is 1. The van der Waals surface area contributed by atoms with Gasteiger partial charge in [-0.1, -0.05) is 38.5 Å². The number of allylic oxidation sites excluding steroid dienone is 1. The van der Waals surface area contributed by atoms with E-state index in [1.54, 1.807) is 24.3 Å². The highest BCUT2D eigenvalue weighted by Gasteiger charge is 2.68. The van der Waals surface area contributed by atoms with Crippen molar-refractivity contribution in [2.75, 3.05) is 13.2 Å². The zero-order chi connectivity index (χ0) is 28.0. The lowest BCUT2D eigenvalue weighted by Crippen LogP contribution is -2.62. The average Bonchev–Trinajstić information content (AvgIpc) is 3.18. The lowest BCUT2D eigenvalue weighted by Gasteiger charge is -2.60. The quantitative estimate of drug-likeness (QED) is 0.337. The Morgan fingerprint density at radius 3 is 2.72 bits per heavy atom. The molecule has 4 aliphatic carbocycles. The number of esters is 1. The molecule has 7 nitrogen and oxygen atoms in total. The lowest BCUT2D eigenvalue weighted by atomic mass is 9.45. The Kier molecular flexibility index (Phi) is 7.64. The minimum absolute atomic E-state index is 0.0121. The van der Waals surface area contributed by atoms with Gasteiger partial charge >= 0.3 is 5.97 Å². The second-order valence-electron chi connectivity index (χ2n) is 12.9. The monoisotopic (exact) mass is 537 g/mol. The highest BCUT2D eigenvalue weighted by molar-refractivity contribution is 5.94. The zero-order valence-electron chi connectivity index (χ0n) is 23.5. The topological polar surface area (TPSA) is 113 Å².